The Morgan fingerprint density at radius 2 is 2.05 bits per heavy atom. The van der Waals surface area contributed by atoms with Crippen molar-refractivity contribution in [1.29, 1.82) is 0 Å². The van der Waals surface area contributed by atoms with Crippen LogP contribution in [-0.2, 0) is 6.54 Å². The number of rotatable bonds is 3. The molecule has 0 spiro atoms. The standard InChI is InChI=1S/C14H12FNO3/c1-9-3-2-4-13(17)16(9)8-10-5-6-11(14(18)19)12(15)7-10/h2-7H,8H2,1H3,(H,18,19). The van der Waals surface area contributed by atoms with Crippen molar-refractivity contribution in [3.8, 4) is 0 Å². The number of carbonyl (C=O) groups is 1. The maximum Gasteiger partial charge on any atom is 0.338 e. The number of aryl methyl sites for hydroxylation is 1. The number of aromatic carboxylic acids is 1. The average molecular weight is 261 g/mol. The molecule has 0 amide bonds. The van der Waals surface area contributed by atoms with Crippen LogP contribution >= 0.6 is 0 Å². The molecular weight excluding hydrogens is 249 g/mol. The quantitative estimate of drug-likeness (QED) is 0.919. The largest absolute Gasteiger partial charge is 0.478 e. The molecule has 0 saturated heterocycles. The van der Waals surface area contributed by atoms with Gasteiger partial charge < -0.3 is 9.67 Å². The molecule has 1 heterocycles. The lowest BCUT2D eigenvalue weighted by Gasteiger charge is -2.10. The van der Waals surface area contributed by atoms with E-state index in [0.29, 0.717) is 5.56 Å². The minimum absolute atomic E-state index is 0.178. The van der Waals surface area contributed by atoms with Crippen molar-refractivity contribution >= 4 is 5.97 Å². The number of hydrogen-bond donors (Lipinski definition) is 1. The summed E-state index contributed by atoms with van der Waals surface area (Å²) in [6.45, 7) is 1.99. The summed E-state index contributed by atoms with van der Waals surface area (Å²) in [5, 5.41) is 8.74. The molecule has 5 heteroatoms. The van der Waals surface area contributed by atoms with Crippen LogP contribution in [0.25, 0.3) is 0 Å². The molecule has 19 heavy (non-hydrogen) atoms. The van der Waals surface area contributed by atoms with Crippen LogP contribution in [0.4, 0.5) is 4.39 Å². The molecule has 0 aliphatic rings. The third-order valence-electron chi connectivity index (χ3n) is 2.87. The second-order valence-electron chi connectivity index (χ2n) is 4.21. The molecule has 1 aromatic heterocycles. The van der Waals surface area contributed by atoms with Crippen LogP contribution in [-0.4, -0.2) is 15.6 Å². The molecule has 0 atom stereocenters. The zero-order valence-corrected chi connectivity index (χ0v) is 10.3. The minimum atomic E-state index is -1.31. The molecule has 1 N–H and O–H groups in total. The van der Waals surface area contributed by atoms with Crippen molar-refractivity contribution < 1.29 is 14.3 Å². The van der Waals surface area contributed by atoms with Crippen molar-refractivity contribution in [3.63, 3.8) is 0 Å². The summed E-state index contributed by atoms with van der Waals surface area (Å²) >= 11 is 0. The Morgan fingerprint density at radius 1 is 1.32 bits per heavy atom. The number of carboxylic acids is 1. The summed E-state index contributed by atoms with van der Waals surface area (Å²) in [4.78, 5) is 22.4. The van der Waals surface area contributed by atoms with Gasteiger partial charge in [-0.3, -0.25) is 4.79 Å². The van der Waals surface area contributed by atoms with Gasteiger partial charge in [0.1, 0.15) is 5.82 Å². The third kappa shape index (κ3) is 2.70. The fraction of sp³-hybridized carbons (Fsp3) is 0.143. The Labute approximate surface area is 108 Å². The maximum atomic E-state index is 13.5. The molecule has 0 unspecified atom stereocenters. The summed E-state index contributed by atoms with van der Waals surface area (Å²) in [6.07, 6.45) is 0. The highest BCUT2D eigenvalue weighted by Gasteiger charge is 2.11. The highest BCUT2D eigenvalue weighted by atomic mass is 19.1. The van der Waals surface area contributed by atoms with Crippen molar-refractivity contribution in [2.45, 2.75) is 13.5 Å². The normalized spacial score (nSPS) is 10.4. The zero-order valence-electron chi connectivity index (χ0n) is 10.3. The van der Waals surface area contributed by atoms with Gasteiger partial charge >= 0.3 is 5.97 Å². The summed E-state index contributed by atoms with van der Waals surface area (Å²) < 4.78 is 15.0. The summed E-state index contributed by atoms with van der Waals surface area (Å²) in [7, 11) is 0. The van der Waals surface area contributed by atoms with E-state index in [9.17, 15) is 14.0 Å². The van der Waals surface area contributed by atoms with E-state index in [-0.39, 0.29) is 17.7 Å². The number of pyridine rings is 1. The number of hydrogen-bond acceptors (Lipinski definition) is 2. The van der Waals surface area contributed by atoms with Crippen molar-refractivity contribution in [2.75, 3.05) is 0 Å². The first-order valence-electron chi connectivity index (χ1n) is 5.67. The summed E-state index contributed by atoms with van der Waals surface area (Å²) in [5.74, 6) is -2.11. The number of halogens is 1. The van der Waals surface area contributed by atoms with Gasteiger partial charge in [-0.05, 0) is 30.7 Å². The molecule has 2 aromatic rings. The highest BCUT2D eigenvalue weighted by Crippen LogP contribution is 2.12. The van der Waals surface area contributed by atoms with Gasteiger partial charge in [-0.2, -0.15) is 0 Å². The van der Waals surface area contributed by atoms with Crippen LogP contribution in [0.5, 0.6) is 0 Å². The second kappa shape index (κ2) is 5.06. The minimum Gasteiger partial charge on any atom is -0.478 e. The van der Waals surface area contributed by atoms with E-state index in [1.165, 1.54) is 22.8 Å². The molecule has 1 aromatic carbocycles. The van der Waals surface area contributed by atoms with E-state index < -0.39 is 11.8 Å². The fourth-order valence-electron chi connectivity index (χ4n) is 1.84. The van der Waals surface area contributed by atoms with Gasteiger partial charge in [0, 0.05) is 11.8 Å². The lowest BCUT2D eigenvalue weighted by Crippen LogP contribution is -2.21. The van der Waals surface area contributed by atoms with Crippen LogP contribution in [0, 0.1) is 12.7 Å². The van der Waals surface area contributed by atoms with Crippen LogP contribution in [0.3, 0.4) is 0 Å². The van der Waals surface area contributed by atoms with E-state index in [4.69, 9.17) is 5.11 Å². The molecule has 4 nitrogen and oxygen atoms in total. The molecular formula is C14H12FNO3. The van der Waals surface area contributed by atoms with Gasteiger partial charge in [0.2, 0.25) is 0 Å². The van der Waals surface area contributed by atoms with Crippen LogP contribution in [0.15, 0.2) is 41.2 Å². The van der Waals surface area contributed by atoms with Gasteiger partial charge in [0.05, 0.1) is 12.1 Å². The van der Waals surface area contributed by atoms with Crippen LogP contribution in [0.1, 0.15) is 21.6 Å². The number of nitrogens with zero attached hydrogens (tertiary/aromatic N) is 1. The van der Waals surface area contributed by atoms with E-state index in [0.717, 1.165) is 11.8 Å². The van der Waals surface area contributed by atoms with E-state index >= 15 is 0 Å². The second-order valence-corrected chi connectivity index (χ2v) is 4.21. The molecule has 0 aliphatic carbocycles. The van der Waals surface area contributed by atoms with Gasteiger partial charge in [0.25, 0.3) is 5.56 Å². The lowest BCUT2D eigenvalue weighted by atomic mass is 10.1. The third-order valence-corrected chi connectivity index (χ3v) is 2.87. The predicted octanol–water partition coefficient (Wildman–Crippen LogP) is 2.04. The first kappa shape index (κ1) is 13.0. The van der Waals surface area contributed by atoms with Gasteiger partial charge in [-0.15, -0.1) is 0 Å². The SMILES string of the molecule is Cc1cccc(=O)n1Cc1ccc(C(=O)O)c(F)c1. The van der Waals surface area contributed by atoms with E-state index in [2.05, 4.69) is 0 Å². The first-order valence-corrected chi connectivity index (χ1v) is 5.67. The molecule has 0 saturated carbocycles. The Bertz CT molecular complexity index is 691. The zero-order chi connectivity index (χ0) is 14.0. The monoisotopic (exact) mass is 261 g/mol. The molecule has 0 bridgehead atoms. The highest BCUT2D eigenvalue weighted by molar-refractivity contribution is 5.87. The molecule has 98 valence electrons. The Kier molecular flexibility index (Phi) is 3.46. The van der Waals surface area contributed by atoms with E-state index in [1.807, 2.05) is 0 Å². The average Bonchev–Trinajstić information content (AvgIpc) is 2.33. The first-order chi connectivity index (χ1) is 8.99. The Morgan fingerprint density at radius 3 is 2.63 bits per heavy atom. The van der Waals surface area contributed by atoms with Gasteiger partial charge in [0.15, 0.2) is 0 Å². The molecule has 2 rings (SSSR count). The summed E-state index contributed by atoms with van der Waals surface area (Å²) in [6, 6.07) is 8.71. The number of carboxylic acid groups (broad SMARTS) is 1. The predicted molar refractivity (Wildman–Crippen MR) is 67.9 cm³/mol. The van der Waals surface area contributed by atoms with Crippen LogP contribution in [0.2, 0.25) is 0 Å². The topological polar surface area (TPSA) is 59.3 Å². The number of benzene rings is 1. The maximum absolute atomic E-state index is 13.5. The smallest absolute Gasteiger partial charge is 0.338 e. The van der Waals surface area contributed by atoms with Crippen molar-refractivity contribution in [3.05, 3.63) is 69.4 Å². The van der Waals surface area contributed by atoms with Crippen molar-refractivity contribution in [2.24, 2.45) is 0 Å². The Hall–Kier alpha value is -2.43. The van der Waals surface area contributed by atoms with Crippen molar-refractivity contribution in [1.82, 2.24) is 4.57 Å². The van der Waals surface area contributed by atoms with Gasteiger partial charge in [-0.1, -0.05) is 12.1 Å². The molecule has 0 fully saturated rings. The van der Waals surface area contributed by atoms with Crippen LogP contribution < -0.4 is 5.56 Å². The Balaban J connectivity index is 2.37. The fourth-order valence-corrected chi connectivity index (χ4v) is 1.84. The molecule has 0 radical (unpaired) electrons. The van der Waals surface area contributed by atoms with E-state index in [1.54, 1.807) is 19.1 Å². The number of aromatic nitrogens is 1. The van der Waals surface area contributed by atoms with Gasteiger partial charge in [-0.25, -0.2) is 9.18 Å². The lowest BCUT2D eigenvalue weighted by molar-refractivity contribution is 0.0692. The molecule has 0 aliphatic heterocycles. The summed E-state index contributed by atoms with van der Waals surface area (Å²) in [5.41, 5.74) is 0.748.